The first kappa shape index (κ1) is 14.9. The van der Waals surface area contributed by atoms with Crippen LogP contribution in [0.2, 0.25) is 0 Å². The Labute approximate surface area is 145 Å². The molecule has 0 saturated carbocycles. The van der Waals surface area contributed by atoms with E-state index in [4.69, 9.17) is 9.97 Å². The molecular weight excluding hydrogens is 312 g/mol. The second-order valence-corrected chi connectivity index (χ2v) is 6.47. The Morgan fingerprint density at radius 2 is 1.33 bits per heavy atom. The Bertz CT molecular complexity index is 953. The normalized spacial score (nSPS) is 10.8. The molecule has 0 aliphatic carbocycles. The van der Waals surface area contributed by atoms with E-state index in [1.807, 2.05) is 36.4 Å². The fourth-order valence-corrected chi connectivity index (χ4v) is 3.57. The van der Waals surface area contributed by atoms with E-state index < -0.39 is 0 Å². The van der Waals surface area contributed by atoms with Crippen molar-refractivity contribution in [2.24, 2.45) is 0 Å². The molecule has 1 heterocycles. The summed E-state index contributed by atoms with van der Waals surface area (Å²) in [5, 5.41) is 2.14. The lowest BCUT2D eigenvalue weighted by atomic mass is 10.2. The number of para-hydroxylation sites is 1. The largest absolute Gasteiger partial charge is 0.228 e. The van der Waals surface area contributed by atoms with Gasteiger partial charge in [-0.3, -0.25) is 0 Å². The van der Waals surface area contributed by atoms with Crippen molar-refractivity contribution in [1.82, 2.24) is 9.97 Å². The van der Waals surface area contributed by atoms with Crippen LogP contribution in [0.3, 0.4) is 0 Å². The molecular formula is C21H16N2S. The predicted molar refractivity (Wildman–Crippen MR) is 101 cm³/mol. The fourth-order valence-electron chi connectivity index (χ4n) is 2.60. The van der Waals surface area contributed by atoms with Gasteiger partial charge in [0.05, 0.1) is 5.52 Å². The van der Waals surface area contributed by atoms with Gasteiger partial charge in [-0.05, 0) is 11.6 Å². The van der Waals surface area contributed by atoms with Crippen molar-refractivity contribution < 1.29 is 0 Å². The third-order valence-electron chi connectivity index (χ3n) is 3.82. The highest BCUT2D eigenvalue weighted by molar-refractivity contribution is 7.98. The molecule has 0 amide bonds. The van der Waals surface area contributed by atoms with Crippen molar-refractivity contribution in [2.75, 3.05) is 0 Å². The quantitative estimate of drug-likeness (QED) is 0.361. The molecule has 4 rings (SSSR count). The molecule has 0 N–H and O–H groups in total. The van der Waals surface area contributed by atoms with Crippen LogP contribution in [0.15, 0.2) is 90.0 Å². The molecule has 0 aliphatic rings. The standard InChI is InChI=1S/C21H16N2S/c1-3-9-16(10-4-1)15-24-21-18-13-7-8-14-19(18)22-20(23-21)17-11-5-2-6-12-17/h1-14H,15H2. The molecule has 3 aromatic carbocycles. The highest BCUT2D eigenvalue weighted by Crippen LogP contribution is 2.30. The highest BCUT2D eigenvalue weighted by atomic mass is 32.2. The molecule has 2 nitrogen and oxygen atoms in total. The van der Waals surface area contributed by atoms with Crippen molar-refractivity contribution in [2.45, 2.75) is 10.8 Å². The van der Waals surface area contributed by atoms with Gasteiger partial charge >= 0.3 is 0 Å². The average Bonchev–Trinajstić information content (AvgIpc) is 2.67. The molecule has 0 fully saturated rings. The lowest BCUT2D eigenvalue weighted by Crippen LogP contribution is -1.94. The fraction of sp³-hybridized carbons (Fsp3) is 0.0476. The summed E-state index contributed by atoms with van der Waals surface area (Å²) in [5.74, 6) is 1.68. The van der Waals surface area contributed by atoms with Crippen molar-refractivity contribution in [1.29, 1.82) is 0 Å². The summed E-state index contributed by atoms with van der Waals surface area (Å²) in [6.07, 6.45) is 0. The molecule has 1 aromatic heterocycles. The van der Waals surface area contributed by atoms with Gasteiger partial charge < -0.3 is 0 Å². The molecule has 4 aromatic rings. The van der Waals surface area contributed by atoms with E-state index >= 15 is 0 Å². The van der Waals surface area contributed by atoms with Crippen LogP contribution < -0.4 is 0 Å². The minimum absolute atomic E-state index is 0.782. The van der Waals surface area contributed by atoms with Gasteiger partial charge in [0, 0.05) is 16.7 Å². The molecule has 116 valence electrons. The molecule has 0 unspecified atom stereocenters. The van der Waals surface area contributed by atoms with Gasteiger partial charge in [-0.2, -0.15) is 0 Å². The van der Waals surface area contributed by atoms with E-state index in [1.54, 1.807) is 11.8 Å². The van der Waals surface area contributed by atoms with Gasteiger partial charge in [0.15, 0.2) is 5.82 Å². The first-order chi connectivity index (χ1) is 11.9. The molecule has 0 saturated heterocycles. The van der Waals surface area contributed by atoms with Crippen LogP contribution in [0.4, 0.5) is 0 Å². The predicted octanol–water partition coefficient (Wildman–Crippen LogP) is 5.59. The van der Waals surface area contributed by atoms with Crippen LogP contribution >= 0.6 is 11.8 Å². The summed E-state index contributed by atoms with van der Waals surface area (Å²) in [6.45, 7) is 0. The minimum Gasteiger partial charge on any atom is -0.228 e. The Morgan fingerprint density at radius 3 is 2.12 bits per heavy atom. The average molecular weight is 328 g/mol. The minimum atomic E-state index is 0.782. The lowest BCUT2D eigenvalue weighted by Gasteiger charge is -2.08. The van der Waals surface area contributed by atoms with Gasteiger partial charge in [-0.25, -0.2) is 9.97 Å². The number of benzene rings is 3. The Balaban J connectivity index is 1.75. The summed E-state index contributed by atoms with van der Waals surface area (Å²) < 4.78 is 0. The van der Waals surface area contributed by atoms with Crippen LogP contribution in [0, 0.1) is 0 Å². The number of hydrogen-bond acceptors (Lipinski definition) is 3. The molecule has 0 bridgehead atoms. The second kappa shape index (κ2) is 6.85. The number of fused-ring (bicyclic) bond motifs is 1. The molecule has 0 radical (unpaired) electrons. The number of hydrogen-bond donors (Lipinski definition) is 0. The number of thioether (sulfide) groups is 1. The number of nitrogens with zero attached hydrogens (tertiary/aromatic N) is 2. The van der Waals surface area contributed by atoms with E-state index in [0.29, 0.717) is 0 Å². The zero-order valence-electron chi connectivity index (χ0n) is 13.1. The molecule has 24 heavy (non-hydrogen) atoms. The van der Waals surface area contributed by atoms with Crippen molar-refractivity contribution >= 4 is 22.7 Å². The van der Waals surface area contributed by atoms with Crippen LogP contribution in [0.5, 0.6) is 0 Å². The third kappa shape index (κ3) is 3.17. The van der Waals surface area contributed by atoms with Crippen LogP contribution in [-0.2, 0) is 5.75 Å². The summed E-state index contributed by atoms with van der Waals surface area (Å²) in [4.78, 5) is 9.57. The summed E-state index contributed by atoms with van der Waals surface area (Å²) >= 11 is 1.76. The lowest BCUT2D eigenvalue weighted by molar-refractivity contribution is 1.11. The van der Waals surface area contributed by atoms with E-state index in [-0.39, 0.29) is 0 Å². The first-order valence-electron chi connectivity index (χ1n) is 7.89. The van der Waals surface area contributed by atoms with Crippen molar-refractivity contribution in [3.05, 3.63) is 90.5 Å². The number of rotatable bonds is 4. The third-order valence-corrected chi connectivity index (χ3v) is 4.88. The zero-order valence-corrected chi connectivity index (χ0v) is 13.9. The van der Waals surface area contributed by atoms with Crippen LogP contribution in [-0.4, -0.2) is 9.97 Å². The van der Waals surface area contributed by atoms with E-state index in [1.165, 1.54) is 5.56 Å². The Kier molecular flexibility index (Phi) is 4.26. The van der Waals surface area contributed by atoms with Crippen LogP contribution in [0.25, 0.3) is 22.3 Å². The summed E-state index contributed by atoms with van der Waals surface area (Å²) in [6, 6.07) is 28.8. The van der Waals surface area contributed by atoms with E-state index in [0.717, 1.165) is 33.1 Å². The zero-order chi connectivity index (χ0) is 16.2. The summed E-state index contributed by atoms with van der Waals surface area (Å²) in [5.41, 5.74) is 3.33. The molecule has 0 spiro atoms. The summed E-state index contributed by atoms with van der Waals surface area (Å²) in [7, 11) is 0. The maximum atomic E-state index is 4.84. The van der Waals surface area contributed by atoms with Crippen LogP contribution in [0.1, 0.15) is 5.56 Å². The Hall–Kier alpha value is -2.65. The maximum Gasteiger partial charge on any atom is 0.161 e. The van der Waals surface area contributed by atoms with Gasteiger partial charge in [0.25, 0.3) is 0 Å². The van der Waals surface area contributed by atoms with Gasteiger partial charge in [0.2, 0.25) is 0 Å². The first-order valence-corrected chi connectivity index (χ1v) is 8.88. The molecule has 0 aliphatic heterocycles. The van der Waals surface area contributed by atoms with Crippen molar-refractivity contribution in [3.8, 4) is 11.4 Å². The second-order valence-electron chi connectivity index (χ2n) is 5.51. The van der Waals surface area contributed by atoms with Gasteiger partial charge in [-0.1, -0.05) is 78.9 Å². The van der Waals surface area contributed by atoms with E-state index in [9.17, 15) is 0 Å². The van der Waals surface area contributed by atoms with E-state index in [2.05, 4.69) is 48.5 Å². The monoisotopic (exact) mass is 328 g/mol. The van der Waals surface area contributed by atoms with Crippen molar-refractivity contribution in [3.63, 3.8) is 0 Å². The topological polar surface area (TPSA) is 25.8 Å². The van der Waals surface area contributed by atoms with Gasteiger partial charge in [0.1, 0.15) is 5.03 Å². The maximum absolute atomic E-state index is 4.84. The number of aromatic nitrogens is 2. The molecule has 3 heteroatoms. The Morgan fingerprint density at radius 1 is 0.667 bits per heavy atom. The highest BCUT2D eigenvalue weighted by Gasteiger charge is 2.09. The SMILES string of the molecule is c1ccc(CSc2nc(-c3ccccc3)nc3ccccc23)cc1. The smallest absolute Gasteiger partial charge is 0.161 e. The van der Waals surface area contributed by atoms with Gasteiger partial charge in [-0.15, -0.1) is 11.8 Å². The molecule has 0 atom stereocenters.